The lowest BCUT2D eigenvalue weighted by molar-refractivity contribution is -0.319. The van der Waals surface area contributed by atoms with E-state index in [2.05, 4.69) is 31.8 Å². The number of ether oxygens (including phenoxy) is 9. The third-order valence-corrected chi connectivity index (χ3v) is 16.8. The van der Waals surface area contributed by atoms with Crippen LogP contribution >= 0.6 is 0 Å². The molecule has 18 atom stereocenters. The fourth-order valence-corrected chi connectivity index (χ4v) is 13.2. The number of esters is 2. The van der Waals surface area contributed by atoms with Crippen LogP contribution in [0.3, 0.4) is 0 Å². The van der Waals surface area contributed by atoms with Crippen molar-refractivity contribution in [3.63, 3.8) is 0 Å². The molecule has 71 heavy (non-hydrogen) atoms. The van der Waals surface area contributed by atoms with Crippen molar-refractivity contribution in [2.45, 2.75) is 225 Å². The number of hydrogen-bond donors (Lipinski definition) is 0. The number of likely N-dealkylation sites (N-methyl/N-ethyl adjacent to an activating group) is 1. The van der Waals surface area contributed by atoms with Crippen LogP contribution in [-0.2, 0) is 67.9 Å². The fourth-order valence-electron chi connectivity index (χ4n) is 12.0. The Morgan fingerprint density at radius 2 is 1.48 bits per heavy atom. The van der Waals surface area contributed by atoms with Crippen LogP contribution < -0.4 is 0 Å². The number of ketones is 1. The molecule has 404 valence electrons. The molecule has 4 heterocycles. The Labute approximate surface area is 426 Å². The number of Topliss-reactive ketones (excluding diaryl/α,β-unsaturated/α-hetero) is 1. The van der Waals surface area contributed by atoms with E-state index in [4.69, 9.17) is 47.1 Å². The number of fused-ring (bicyclic) bond motifs is 1. The van der Waals surface area contributed by atoms with Gasteiger partial charge in [0.1, 0.15) is 11.9 Å². The van der Waals surface area contributed by atoms with Crippen LogP contribution in [0.15, 0.2) is 30.3 Å². The number of cyclic esters (lactones) is 1. The maximum atomic E-state index is 15.2. The zero-order valence-corrected chi connectivity index (χ0v) is 47.3. The molecule has 5 rings (SSSR count). The van der Waals surface area contributed by atoms with Crippen molar-refractivity contribution in [3.8, 4) is 0 Å². The zero-order chi connectivity index (χ0) is 53.0. The first kappa shape index (κ1) is 58.9. The van der Waals surface area contributed by atoms with Crippen molar-refractivity contribution >= 4 is 32.1 Å². The highest BCUT2D eigenvalue weighted by Crippen LogP contribution is 2.45. The van der Waals surface area contributed by atoms with Crippen molar-refractivity contribution in [1.29, 1.82) is 0 Å². The van der Waals surface area contributed by atoms with E-state index in [1.165, 1.54) is 12.5 Å². The summed E-state index contributed by atoms with van der Waals surface area (Å²) in [6.45, 7) is 26.9. The lowest BCUT2D eigenvalue weighted by Crippen LogP contribution is -2.62. The molecule has 0 radical (unpaired) electrons. The van der Waals surface area contributed by atoms with Gasteiger partial charge in [-0.2, -0.15) is 0 Å². The van der Waals surface area contributed by atoms with Gasteiger partial charge in [0.15, 0.2) is 32.6 Å². The lowest BCUT2D eigenvalue weighted by Gasteiger charge is -2.51. The Morgan fingerprint density at radius 3 is 2.06 bits per heavy atom. The molecule has 0 aliphatic carbocycles. The third kappa shape index (κ3) is 13.7. The van der Waals surface area contributed by atoms with E-state index in [1.54, 1.807) is 33.0 Å². The van der Waals surface area contributed by atoms with Gasteiger partial charge in [0, 0.05) is 51.9 Å². The standard InChI is InChI=1S/C54H90N2O14Si/c1-19-41-54(11)46(56(51(60)69-54)28-24-23-27-39-25-21-20-22-26-39)34(4)43(58)32(2)30-52(9,61-14)47(68-50-45(65-38(8)57)40(55(12)13)29-33(3)63-50)35(5)44(36(6)49(59)66-41)67-42-31-53(10,62-15)48(37(7)64-42)70-71(16,17)18/h20-22,25-26,32-37,40-42,44-48,50H,19,23-24,27-31H2,1-18H3/t32-,33-,34+,35+,36-,37+,40+,41?,42+,44?,45-,46-,47-,48+,50+,52-,53-,54-/m1/s1. The Bertz CT molecular complexity index is 1940. The Morgan fingerprint density at radius 1 is 0.845 bits per heavy atom. The summed E-state index contributed by atoms with van der Waals surface area (Å²) in [5, 5.41) is 0. The second-order valence-electron chi connectivity index (χ2n) is 22.9. The minimum atomic E-state index is -2.08. The predicted molar refractivity (Wildman–Crippen MR) is 271 cm³/mol. The van der Waals surface area contributed by atoms with Gasteiger partial charge in [-0.1, -0.05) is 58.0 Å². The number of amides is 1. The lowest BCUT2D eigenvalue weighted by atomic mass is 9.73. The largest absolute Gasteiger partial charge is 0.458 e. The number of unbranched alkanes of at least 4 members (excludes halogenated alkanes) is 1. The van der Waals surface area contributed by atoms with E-state index in [1.807, 2.05) is 92.6 Å². The summed E-state index contributed by atoms with van der Waals surface area (Å²) in [6, 6.07) is 9.14. The number of hydrogen-bond acceptors (Lipinski definition) is 15. The van der Waals surface area contributed by atoms with Crippen molar-refractivity contribution < 1.29 is 66.2 Å². The number of methoxy groups -OCH3 is 2. The minimum Gasteiger partial charge on any atom is -0.458 e. The van der Waals surface area contributed by atoms with Crippen LogP contribution in [0.5, 0.6) is 0 Å². The molecule has 0 bridgehead atoms. The van der Waals surface area contributed by atoms with Gasteiger partial charge in [0.2, 0.25) is 0 Å². The average molecular weight is 1020 g/mol. The highest BCUT2D eigenvalue weighted by Gasteiger charge is 2.61. The summed E-state index contributed by atoms with van der Waals surface area (Å²) in [5.41, 5.74) is -2.30. The van der Waals surface area contributed by atoms with Crippen LogP contribution in [0.1, 0.15) is 120 Å². The molecule has 0 spiro atoms. The molecule has 1 amide bonds. The van der Waals surface area contributed by atoms with E-state index in [0.29, 0.717) is 25.8 Å². The first-order valence-electron chi connectivity index (χ1n) is 26.1. The van der Waals surface area contributed by atoms with E-state index >= 15 is 9.59 Å². The monoisotopic (exact) mass is 1020 g/mol. The molecule has 1 aromatic rings. The number of carbonyl (C=O) groups is 4. The van der Waals surface area contributed by atoms with Gasteiger partial charge in [-0.15, -0.1) is 0 Å². The molecule has 0 aromatic heterocycles. The van der Waals surface area contributed by atoms with E-state index in [0.717, 1.165) is 12.8 Å². The maximum absolute atomic E-state index is 15.2. The molecule has 1 aromatic carbocycles. The van der Waals surface area contributed by atoms with Crippen LogP contribution in [0.2, 0.25) is 19.6 Å². The van der Waals surface area contributed by atoms with E-state index < -0.39 is 122 Å². The quantitative estimate of drug-likeness (QED) is 0.0670. The molecule has 4 saturated heterocycles. The molecule has 16 nitrogen and oxygen atoms in total. The third-order valence-electron chi connectivity index (χ3n) is 15.8. The molecule has 0 saturated carbocycles. The summed E-state index contributed by atoms with van der Waals surface area (Å²) in [6.07, 6.45) is -3.85. The number of aryl methyl sites for hydroxylation is 1. The zero-order valence-electron chi connectivity index (χ0n) is 46.3. The Balaban J connectivity index is 1.63. The average Bonchev–Trinajstić information content (AvgIpc) is 3.56. The molecular weight excluding hydrogens is 929 g/mol. The summed E-state index contributed by atoms with van der Waals surface area (Å²) >= 11 is 0. The predicted octanol–water partition coefficient (Wildman–Crippen LogP) is 8.36. The summed E-state index contributed by atoms with van der Waals surface area (Å²) < 4.78 is 66.1. The van der Waals surface area contributed by atoms with Crippen LogP contribution in [0.4, 0.5) is 4.79 Å². The molecule has 4 aliphatic rings. The highest BCUT2D eigenvalue weighted by molar-refractivity contribution is 6.69. The van der Waals surface area contributed by atoms with Gasteiger partial charge in [0.25, 0.3) is 0 Å². The van der Waals surface area contributed by atoms with Gasteiger partial charge in [-0.25, -0.2) is 4.79 Å². The second kappa shape index (κ2) is 24.1. The van der Waals surface area contributed by atoms with Crippen molar-refractivity contribution in [3.05, 3.63) is 35.9 Å². The first-order valence-corrected chi connectivity index (χ1v) is 29.6. The Hall–Kier alpha value is -3.00. The fraction of sp³-hybridized carbons (Fsp3) is 0.815. The Kier molecular flexibility index (Phi) is 20.0. The van der Waals surface area contributed by atoms with Crippen molar-refractivity contribution in [1.82, 2.24) is 9.80 Å². The van der Waals surface area contributed by atoms with Gasteiger partial charge >= 0.3 is 18.0 Å². The van der Waals surface area contributed by atoms with Gasteiger partial charge in [0.05, 0.1) is 59.7 Å². The number of nitrogens with zero attached hydrogens (tertiary/aromatic N) is 2. The minimum absolute atomic E-state index is 0.116. The van der Waals surface area contributed by atoms with Crippen LogP contribution in [-0.4, -0.2) is 161 Å². The molecule has 2 unspecified atom stereocenters. The summed E-state index contributed by atoms with van der Waals surface area (Å²) in [7, 11) is 5.00. The molecule has 0 N–H and O–H groups in total. The van der Waals surface area contributed by atoms with Gasteiger partial charge in [-0.3, -0.25) is 14.4 Å². The van der Waals surface area contributed by atoms with Crippen molar-refractivity contribution in [2.75, 3.05) is 34.9 Å². The SMILES string of the molecule is CCC1OC(=O)[C@H](C)C(O[C@H]2C[C@@](C)(OC)[C@@H](O[Si](C)(C)C)[C@H](C)O2)[C@H](C)[C@@H](O[C@@H]2O[C@H](C)C[C@H](N(C)C)[C@H]2OC(C)=O)[C@](C)(OC)C[C@@H](C)C(=O)[C@H](C)[C@H]2N(CCCCc3ccccc3)C(=O)O[C@]12C. The van der Waals surface area contributed by atoms with Gasteiger partial charge < -0.3 is 56.9 Å². The van der Waals surface area contributed by atoms with E-state index in [-0.39, 0.29) is 30.8 Å². The molecular formula is C54H90N2O14Si. The molecule has 4 aliphatic heterocycles. The van der Waals surface area contributed by atoms with E-state index in [9.17, 15) is 9.59 Å². The molecule has 4 fully saturated rings. The topological polar surface area (TPSA) is 167 Å². The summed E-state index contributed by atoms with van der Waals surface area (Å²) in [4.78, 5) is 61.0. The smallest absolute Gasteiger partial charge is 0.410 e. The van der Waals surface area contributed by atoms with Gasteiger partial charge in [-0.05, 0) is 119 Å². The number of carbonyl (C=O) groups excluding carboxylic acids is 4. The highest BCUT2D eigenvalue weighted by atomic mass is 28.4. The van der Waals surface area contributed by atoms with Crippen molar-refractivity contribution in [2.24, 2.45) is 23.7 Å². The molecule has 17 heteroatoms. The normalized spacial score (nSPS) is 39.9. The summed E-state index contributed by atoms with van der Waals surface area (Å²) in [5.74, 6) is -4.30. The first-order chi connectivity index (χ1) is 33.1. The number of benzene rings is 1. The van der Waals surface area contributed by atoms with Crippen LogP contribution in [0.25, 0.3) is 0 Å². The number of rotatable bonds is 16. The van der Waals surface area contributed by atoms with Crippen LogP contribution in [0, 0.1) is 23.7 Å². The maximum Gasteiger partial charge on any atom is 0.410 e. The second-order valence-corrected chi connectivity index (χ2v) is 27.3.